The first kappa shape index (κ1) is 15.2. The number of likely N-dealkylation sites (tertiary alicyclic amines) is 1. The van der Waals surface area contributed by atoms with Crippen LogP contribution in [-0.4, -0.2) is 27.5 Å². The van der Waals surface area contributed by atoms with Gasteiger partial charge in [0.2, 0.25) is 5.76 Å². The van der Waals surface area contributed by atoms with Gasteiger partial charge in [-0.1, -0.05) is 19.0 Å². The molecule has 1 aliphatic heterocycles. The molecule has 22 heavy (non-hydrogen) atoms. The van der Waals surface area contributed by atoms with E-state index in [-0.39, 0.29) is 17.9 Å². The first-order valence-corrected chi connectivity index (χ1v) is 8.64. The highest BCUT2D eigenvalue weighted by molar-refractivity contribution is 7.09. The maximum Gasteiger partial charge on any atom is 0.293 e. The van der Waals surface area contributed by atoms with Crippen molar-refractivity contribution in [1.29, 1.82) is 0 Å². The van der Waals surface area contributed by atoms with E-state index >= 15 is 0 Å². The first-order valence-electron chi connectivity index (χ1n) is 7.76. The summed E-state index contributed by atoms with van der Waals surface area (Å²) in [5.74, 6) is 0.518. The van der Waals surface area contributed by atoms with Gasteiger partial charge in [0.25, 0.3) is 5.91 Å². The van der Waals surface area contributed by atoms with Crippen molar-refractivity contribution in [2.24, 2.45) is 0 Å². The molecule has 5 nitrogen and oxygen atoms in total. The summed E-state index contributed by atoms with van der Waals surface area (Å²) in [7, 11) is 0. The van der Waals surface area contributed by atoms with E-state index in [9.17, 15) is 4.79 Å². The Bertz CT molecular complexity index is 662. The van der Waals surface area contributed by atoms with Crippen molar-refractivity contribution in [3.8, 4) is 0 Å². The molecule has 1 amide bonds. The summed E-state index contributed by atoms with van der Waals surface area (Å²) < 4.78 is 5.27. The average Bonchev–Trinajstić information content (AvgIpc) is 3.15. The minimum atomic E-state index is -0.0723. The van der Waals surface area contributed by atoms with E-state index in [0.29, 0.717) is 5.76 Å². The van der Waals surface area contributed by atoms with Crippen molar-refractivity contribution in [3.05, 3.63) is 33.6 Å². The molecule has 1 aliphatic rings. The number of thiazole rings is 1. The highest BCUT2D eigenvalue weighted by Gasteiger charge is 2.32. The van der Waals surface area contributed by atoms with Crippen molar-refractivity contribution < 1.29 is 9.32 Å². The second-order valence-electron chi connectivity index (χ2n) is 6.11. The van der Waals surface area contributed by atoms with Gasteiger partial charge in [0.15, 0.2) is 0 Å². The van der Waals surface area contributed by atoms with Crippen LogP contribution < -0.4 is 0 Å². The highest BCUT2D eigenvalue weighted by Crippen LogP contribution is 2.34. The Kier molecular flexibility index (Phi) is 4.29. The molecule has 2 aromatic rings. The van der Waals surface area contributed by atoms with Gasteiger partial charge in [0, 0.05) is 23.7 Å². The van der Waals surface area contributed by atoms with Crippen LogP contribution in [0.1, 0.15) is 72.0 Å². The average molecular weight is 319 g/mol. The molecule has 2 aromatic heterocycles. The maximum atomic E-state index is 12.8. The molecule has 1 saturated heterocycles. The largest absolute Gasteiger partial charge is 0.351 e. The normalized spacial score (nSPS) is 18.9. The lowest BCUT2D eigenvalue weighted by molar-refractivity contribution is 0.0568. The molecule has 0 aliphatic carbocycles. The zero-order chi connectivity index (χ0) is 15.7. The number of amides is 1. The predicted molar refractivity (Wildman–Crippen MR) is 85.1 cm³/mol. The summed E-state index contributed by atoms with van der Waals surface area (Å²) >= 11 is 1.63. The second kappa shape index (κ2) is 6.20. The van der Waals surface area contributed by atoms with Crippen LogP contribution in [0.4, 0.5) is 0 Å². The van der Waals surface area contributed by atoms with Crippen molar-refractivity contribution in [2.75, 3.05) is 6.54 Å². The molecule has 1 fully saturated rings. The van der Waals surface area contributed by atoms with Crippen LogP contribution in [0.2, 0.25) is 0 Å². The van der Waals surface area contributed by atoms with Crippen molar-refractivity contribution in [2.45, 2.75) is 52.0 Å². The fraction of sp³-hybridized carbons (Fsp3) is 0.562. The molecular formula is C16H21N3O2S. The van der Waals surface area contributed by atoms with E-state index in [2.05, 4.69) is 10.1 Å². The summed E-state index contributed by atoms with van der Waals surface area (Å²) in [6.45, 7) is 6.81. The molecule has 0 saturated carbocycles. The van der Waals surface area contributed by atoms with E-state index in [4.69, 9.17) is 4.52 Å². The van der Waals surface area contributed by atoms with Crippen molar-refractivity contribution in [1.82, 2.24) is 15.0 Å². The Labute approximate surface area is 134 Å². The SMILES string of the molecule is Cc1csc([C@@H]2CCCCN2C(=O)c2cc(C(C)C)no2)n1. The fourth-order valence-electron chi connectivity index (χ4n) is 2.76. The van der Waals surface area contributed by atoms with Crippen LogP contribution in [0.25, 0.3) is 0 Å². The number of carbonyl (C=O) groups is 1. The Morgan fingerprint density at radius 1 is 1.45 bits per heavy atom. The quantitative estimate of drug-likeness (QED) is 0.860. The van der Waals surface area contributed by atoms with E-state index in [0.717, 1.165) is 42.2 Å². The first-order chi connectivity index (χ1) is 10.6. The Morgan fingerprint density at radius 2 is 2.27 bits per heavy atom. The Balaban J connectivity index is 1.84. The summed E-state index contributed by atoms with van der Waals surface area (Å²) in [5.41, 5.74) is 1.83. The molecule has 0 N–H and O–H groups in total. The summed E-state index contributed by atoms with van der Waals surface area (Å²) in [5, 5.41) is 7.06. The van der Waals surface area contributed by atoms with E-state index < -0.39 is 0 Å². The van der Waals surface area contributed by atoms with Crippen molar-refractivity contribution >= 4 is 17.2 Å². The van der Waals surface area contributed by atoms with Crippen LogP contribution in [0.15, 0.2) is 16.0 Å². The van der Waals surface area contributed by atoms with E-state index in [1.165, 1.54) is 0 Å². The Morgan fingerprint density at radius 3 is 2.91 bits per heavy atom. The number of piperidine rings is 1. The van der Waals surface area contributed by atoms with Crippen molar-refractivity contribution in [3.63, 3.8) is 0 Å². The van der Waals surface area contributed by atoms with Gasteiger partial charge in [-0.2, -0.15) is 0 Å². The summed E-state index contributed by atoms with van der Waals surface area (Å²) in [4.78, 5) is 19.3. The third-order valence-electron chi connectivity index (χ3n) is 4.02. The second-order valence-corrected chi connectivity index (χ2v) is 7.00. The fourth-order valence-corrected chi connectivity index (χ4v) is 3.70. The van der Waals surface area contributed by atoms with Gasteiger partial charge in [-0.25, -0.2) is 4.98 Å². The third kappa shape index (κ3) is 2.92. The van der Waals surface area contributed by atoms with E-state index in [1.54, 1.807) is 17.4 Å². The van der Waals surface area contributed by atoms with Gasteiger partial charge in [-0.3, -0.25) is 4.79 Å². The van der Waals surface area contributed by atoms with E-state index in [1.807, 2.05) is 31.1 Å². The number of nitrogens with zero attached hydrogens (tertiary/aromatic N) is 3. The molecule has 3 heterocycles. The van der Waals surface area contributed by atoms with Gasteiger partial charge in [0.05, 0.1) is 11.7 Å². The molecule has 6 heteroatoms. The molecule has 0 unspecified atom stereocenters. The van der Waals surface area contributed by atoms with Crippen LogP contribution in [0, 0.1) is 6.92 Å². The number of aromatic nitrogens is 2. The lowest BCUT2D eigenvalue weighted by Crippen LogP contribution is -2.38. The molecule has 3 rings (SSSR count). The van der Waals surface area contributed by atoms with Crippen LogP contribution in [-0.2, 0) is 0 Å². The minimum absolute atomic E-state index is 0.0625. The maximum absolute atomic E-state index is 12.8. The van der Waals surface area contributed by atoms with Gasteiger partial charge < -0.3 is 9.42 Å². The lowest BCUT2D eigenvalue weighted by atomic mass is 10.0. The summed E-state index contributed by atoms with van der Waals surface area (Å²) in [6.07, 6.45) is 3.11. The number of hydrogen-bond donors (Lipinski definition) is 0. The van der Waals surface area contributed by atoms with Gasteiger partial charge in [-0.15, -0.1) is 11.3 Å². The number of aryl methyl sites for hydroxylation is 1. The number of carbonyl (C=O) groups excluding carboxylic acids is 1. The minimum Gasteiger partial charge on any atom is -0.351 e. The zero-order valence-corrected chi connectivity index (χ0v) is 14.0. The van der Waals surface area contributed by atoms with Crippen LogP contribution in [0.5, 0.6) is 0 Å². The predicted octanol–water partition coefficient (Wildman–Crippen LogP) is 3.93. The van der Waals surface area contributed by atoms with Gasteiger partial charge in [-0.05, 0) is 32.1 Å². The standard InChI is InChI=1S/C16H21N3O2S/c1-10(2)12-8-14(21-18-12)16(20)19-7-5-4-6-13(19)15-17-11(3)9-22-15/h8-10,13H,4-7H2,1-3H3/t13-/m0/s1. The summed E-state index contributed by atoms with van der Waals surface area (Å²) in [6, 6.07) is 1.83. The van der Waals surface area contributed by atoms with Crippen LogP contribution >= 0.6 is 11.3 Å². The molecular weight excluding hydrogens is 298 g/mol. The highest BCUT2D eigenvalue weighted by atomic mass is 32.1. The van der Waals surface area contributed by atoms with Gasteiger partial charge in [0.1, 0.15) is 5.01 Å². The topological polar surface area (TPSA) is 59.2 Å². The lowest BCUT2D eigenvalue weighted by Gasteiger charge is -2.33. The molecule has 0 spiro atoms. The molecule has 1 atom stereocenters. The monoisotopic (exact) mass is 319 g/mol. The third-order valence-corrected chi connectivity index (χ3v) is 5.08. The number of rotatable bonds is 3. The zero-order valence-electron chi connectivity index (χ0n) is 13.2. The number of hydrogen-bond acceptors (Lipinski definition) is 5. The molecule has 0 aromatic carbocycles. The van der Waals surface area contributed by atoms with Gasteiger partial charge >= 0.3 is 0 Å². The molecule has 0 radical (unpaired) electrons. The smallest absolute Gasteiger partial charge is 0.293 e. The Hall–Kier alpha value is -1.69. The van der Waals surface area contributed by atoms with Crippen LogP contribution in [0.3, 0.4) is 0 Å². The molecule has 0 bridgehead atoms. The molecule has 118 valence electrons.